The lowest BCUT2D eigenvalue weighted by molar-refractivity contribution is 0.0699. The summed E-state index contributed by atoms with van der Waals surface area (Å²) < 4.78 is 0. The molecular formula is C11H23NO2. The zero-order valence-corrected chi connectivity index (χ0v) is 9.37. The molecule has 1 rings (SSSR count). The van der Waals surface area contributed by atoms with E-state index in [1.165, 1.54) is 0 Å². The third-order valence-corrected chi connectivity index (χ3v) is 3.05. The van der Waals surface area contributed by atoms with E-state index in [1.54, 1.807) is 0 Å². The van der Waals surface area contributed by atoms with E-state index in [2.05, 4.69) is 18.7 Å². The predicted octanol–water partition coefficient (Wildman–Crippen LogP) is 0.709. The van der Waals surface area contributed by atoms with Crippen molar-refractivity contribution in [3.05, 3.63) is 0 Å². The highest BCUT2D eigenvalue weighted by Gasteiger charge is 2.24. The van der Waals surface area contributed by atoms with Crippen LogP contribution in [0.15, 0.2) is 0 Å². The van der Waals surface area contributed by atoms with E-state index in [9.17, 15) is 0 Å². The van der Waals surface area contributed by atoms with Gasteiger partial charge in [0.2, 0.25) is 0 Å². The average Bonchev–Trinajstić information content (AvgIpc) is 2.19. The Balaban J connectivity index is 2.28. The molecule has 0 spiro atoms. The highest BCUT2D eigenvalue weighted by molar-refractivity contribution is 4.77. The molecule has 3 nitrogen and oxygen atoms in total. The van der Waals surface area contributed by atoms with Crippen LogP contribution in [0.5, 0.6) is 0 Å². The van der Waals surface area contributed by atoms with Crippen molar-refractivity contribution in [3.63, 3.8) is 0 Å². The van der Waals surface area contributed by atoms with Crippen LogP contribution in [0.25, 0.3) is 0 Å². The number of aliphatic hydroxyl groups excluding tert-OH is 2. The third kappa shape index (κ3) is 3.56. The topological polar surface area (TPSA) is 43.7 Å². The van der Waals surface area contributed by atoms with Crippen LogP contribution in [0, 0.1) is 11.3 Å². The van der Waals surface area contributed by atoms with Crippen LogP contribution in [-0.4, -0.2) is 48.0 Å². The molecule has 0 amide bonds. The predicted molar refractivity (Wildman–Crippen MR) is 57.1 cm³/mol. The maximum Gasteiger partial charge on any atom is 0.0494 e. The monoisotopic (exact) mass is 201 g/mol. The Bertz CT molecular complexity index is 163. The Morgan fingerprint density at radius 1 is 1.21 bits per heavy atom. The second-order valence-electron chi connectivity index (χ2n) is 5.22. The van der Waals surface area contributed by atoms with E-state index in [4.69, 9.17) is 10.2 Å². The summed E-state index contributed by atoms with van der Waals surface area (Å²) in [6, 6.07) is 0. The first-order valence-electron chi connectivity index (χ1n) is 5.51. The van der Waals surface area contributed by atoms with Gasteiger partial charge >= 0.3 is 0 Å². The molecule has 0 aromatic carbocycles. The van der Waals surface area contributed by atoms with Crippen LogP contribution in [0.4, 0.5) is 0 Å². The molecule has 0 aromatic rings. The maximum atomic E-state index is 9.16. The van der Waals surface area contributed by atoms with Crippen LogP contribution < -0.4 is 0 Å². The minimum atomic E-state index is 0.00600. The number of nitrogens with zero attached hydrogens (tertiary/aromatic N) is 1. The van der Waals surface area contributed by atoms with Crippen LogP contribution in [0.3, 0.4) is 0 Å². The van der Waals surface area contributed by atoms with Gasteiger partial charge in [0.1, 0.15) is 0 Å². The summed E-state index contributed by atoms with van der Waals surface area (Å²) in [4.78, 5) is 2.39. The molecule has 3 heteroatoms. The fourth-order valence-electron chi connectivity index (χ4n) is 1.98. The molecular weight excluding hydrogens is 178 g/mol. The fraction of sp³-hybridized carbons (Fsp3) is 1.00. The van der Waals surface area contributed by atoms with Gasteiger partial charge in [-0.1, -0.05) is 13.8 Å². The van der Waals surface area contributed by atoms with Gasteiger partial charge in [0.15, 0.2) is 0 Å². The van der Waals surface area contributed by atoms with Crippen LogP contribution in [-0.2, 0) is 0 Å². The molecule has 0 aromatic heterocycles. The molecule has 0 unspecified atom stereocenters. The van der Waals surface area contributed by atoms with Gasteiger partial charge in [-0.05, 0) is 31.8 Å². The lowest BCUT2D eigenvalue weighted by atomic mass is 9.91. The van der Waals surface area contributed by atoms with Gasteiger partial charge in [-0.15, -0.1) is 0 Å². The Labute approximate surface area is 86.7 Å². The Morgan fingerprint density at radius 3 is 2.21 bits per heavy atom. The molecule has 1 saturated heterocycles. The summed E-state index contributed by atoms with van der Waals surface area (Å²) in [5.41, 5.74) is 0.00600. The largest absolute Gasteiger partial charge is 0.396 e. The molecule has 0 aliphatic carbocycles. The van der Waals surface area contributed by atoms with Crippen molar-refractivity contribution < 1.29 is 10.2 Å². The number of aliphatic hydroxyl groups is 2. The fourth-order valence-corrected chi connectivity index (χ4v) is 1.98. The molecule has 1 aliphatic rings. The molecule has 0 atom stereocenters. The molecule has 1 aliphatic heterocycles. The van der Waals surface area contributed by atoms with Crippen molar-refractivity contribution in [2.45, 2.75) is 26.7 Å². The Morgan fingerprint density at radius 2 is 1.79 bits per heavy atom. The summed E-state index contributed by atoms with van der Waals surface area (Å²) in [5, 5.41) is 18.2. The van der Waals surface area contributed by atoms with Gasteiger partial charge < -0.3 is 15.1 Å². The molecule has 0 saturated carbocycles. The summed E-state index contributed by atoms with van der Waals surface area (Å²) >= 11 is 0. The number of likely N-dealkylation sites (tertiary alicyclic amines) is 1. The molecule has 0 radical (unpaired) electrons. The minimum Gasteiger partial charge on any atom is -0.396 e. The van der Waals surface area contributed by atoms with E-state index in [1.807, 2.05) is 0 Å². The summed E-state index contributed by atoms with van der Waals surface area (Å²) in [7, 11) is 0. The second-order valence-corrected chi connectivity index (χ2v) is 5.22. The maximum absolute atomic E-state index is 9.16. The van der Waals surface area contributed by atoms with Crippen molar-refractivity contribution in [2.24, 2.45) is 11.3 Å². The summed E-state index contributed by atoms with van der Waals surface area (Å²) in [6.07, 6.45) is 2.19. The minimum absolute atomic E-state index is 0.00600. The van der Waals surface area contributed by atoms with Crippen molar-refractivity contribution in [1.29, 1.82) is 0 Å². The third-order valence-electron chi connectivity index (χ3n) is 3.05. The van der Waals surface area contributed by atoms with Crippen molar-refractivity contribution in [3.8, 4) is 0 Å². The molecule has 1 heterocycles. The van der Waals surface area contributed by atoms with E-state index in [-0.39, 0.29) is 12.0 Å². The Hall–Kier alpha value is -0.120. The van der Waals surface area contributed by atoms with Crippen molar-refractivity contribution >= 4 is 0 Å². The molecule has 14 heavy (non-hydrogen) atoms. The first kappa shape index (κ1) is 12.0. The second kappa shape index (κ2) is 5.10. The number of hydrogen-bond donors (Lipinski definition) is 2. The number of hydrogen-bond acceptors (Lipinski definition) is 3. The van der Waals surface area contributed by atoms with Gasteiger partial charge in [-0.3, -0.25) is 0 Å². The zero-order valence-electron chi connectivity index (χ0n) is 9.37. The van der Waals surface area contributed by atoms with Gasteiger partial charge in [0.05, 0.1) is 0 Å². The van der Waals surface area contributed by atoms with Gasteiger partial charge in [-0.25, -0.2) is 0 Å². The molecule has 2 N–H and O–H groups in total. The van der Waals surface area contributed by atoms with E-state index >= 15 is 0 Å². The van der Waals surface area contributed by atoms with Crippen LogP contribution in [0.1, 0.15) is 26.7 Å². The highest BCUT2D eigenvalue weighted by Crippen LogP contribution is 2.21. The average molecular weight is 201 g/mol. The molecule has 1 fully saturated rings. The van der Waals surface area contributed by atoms with Gasteiger partial charge in [0.25, 0.3) is 0 Å². The standard InChI is InChI=1S/C11H23NO2/c1-11(2,9-14)8-12-5-3-10(7-13)4-6-12/h10,13-14H,3-9H2,1-2H3. The van der Waals surface area contributed by atoms with Crippen LogP contribution in [0.2, 0.25) is 0 Å². The van der Waals surface area contributed by atoms with Gasteiger partial charge in [-0.2, -0.15) is 0 Å². The van der Waals surface area contributed by atoms with E-state index in [0.29, 0.717) is 12.5 Å². The highest BCUT2D eigenvalue weighted by atomic mass is 16.3. The number of rotatable bonds is 4. The normalized spacial score (nSPS) is 21.4. The number of piperidine rings is 1. The molecule has 0 bridgehead atoms. The Kier molecular flexibility index (Phi) is 4.35. The first-order valence-corrected chi connectivity index (χ1v) is 5.51. The smallest absolute Gasteiger partial charge is 0.0494 e. The summed E-state index contributed by atoms with van der Waals surface area (Å²) in [5.74, 6) is 0.503. The van der Waals surface area contributed by atoms with Crippen LogP contribution >= 0.6 is 0 Å². The molecule has 84 valence electrons. The first-order chi connectivity index (χ1) is 6.57. The lowest BCUT2D eigenvalue weighted by Gasteiger charge is -2.36. The van der Waals surface area contributed by atoms with Gasteiger partial charge in [0, 0.05) is 25.2 Å². The quantitative estimate of drug-likeness (QED) is 0.704. The summed E-state index contributed by atoms with van der Waals surface area (Å²) in [6.45, 7) is 7.84. The van der Waals surface area contributed by atoms with E-state index < -0.39 is 0 Å². The zero-order chi connectivity index (χ0) is 10.6. The van der Waals surface area contributed by atoms with E-state index in [0.717, 1.165) is 32.5 Å². The SMILES string of the molecule is CC(C)(CO)CN1CCC(CO)CC1. The van der Waals surface area contributed by atoms with Crippen molar-refractivity contribution in [1.82, 2.24) is 4.90 Å². The lowest BCUT2D eigenvalue weighted by Crippen LogP contribution is -2.41. The van der Waals surface area contributed by atoms with Crippen molar-refractivity contribution in [2.75, 3.05) is 32.8 Å².